The van der Waals surface area contributed by atoms with Crippen LogP contribution in [0.2, 0.25) is 0 Å². The molecule has 1 aliphatic rings. The number of carbonyl (C=O) groups is 1. The number of hydrogen-bond acceptors (Lipinski definition) is 3. The molecule has 76 valence electrons. The van der Waals surface area contributed by atoms with Gasteiger partial charge in [0.2, 0.25) is 0 Å². The molecule has 0 aromatic rings. The normalized spacial score (nSPS) is 36.0. The molecule has 1 heterocycles. The number of rotatable bonds is 3. The molecule has 0 aromatic heterocycles. The molecule has 0 bridgehead atoms. The third kappa shape index (κ3) is 2.21. The minimum Gasteiger partial charge on any atom is -0.460 e. The van der Waals surface area contributed by atoms with Crippen LogP contribution in [0.4, 0.5) is 0 Å². The van der Waals surface area contributed by atoms with Crippen molar-refractivity contribution in [2.24, 2.45) is 11.8 Å². The summed E-state index contributed by atoms with van der Waals surface area (Å²) in [7, 11) is 0. The van der Waals surface area contributed by atoms with Crippen molar-refractivity contribution in [3.8, 4) is 0 Å². The quantitative estimate of drug-likeness (QED) is 0.677. The molecule has 1 rings (SSSR count). The van der Waals surface area contributed by atoms with Gasteiger partial charge in [-0.25, -0.2) is 0 Å². The fraction of sp³-hybridized carbons (Fsp3) is 0.900. The number of aliphatic hydroxyl groups is 1. The molecule has 13 heavy (non-hydrogen) atoms. The summed E-state index contributed by atoms with van der Waals surface area (Å²) in [6.07, 6.45) is 0.828. The van der Waals surface area contributed by atoms with E-state index in [0.29, 0.717) is 5.92 Å². The van der Waals surface area contributed by atoms with Gasteiger partial charge in [0, 0.05) is 0 Å². The summed E-state index contributed by atoms with van der Waals surface area (Å²) in [5.74, 6) is -0.0669. The van der Waals surface area contributed by atoms with Crippen LogP contribution in [0.15, 0.2) is 0 Å². The van der Waals surface area contributed by atoms with E-state index in [2.05, 4.69) is 13.8 Å². The number of ether oxygens (including phenoxy) is 1. The van der Waals surface area contributed by atoms with Gasteiger partial charge in [0.05, 0.1) is 5.92 Å². The van der Waals surface area contributed by atoms with Crippen LogP contribution in [0, 0.1) is 11.8 Å². The minimum atomic E-state index is -0.610. The summed E-state index contributed by atoms with van der Waals surface area (Å²) < 4.78 is 4.94. The van der Waals surface area contributed by atoms with Crippen molar-refractivity contribution >= 4 is 5.97 Å². The molecule has 1 N–H and O–H groups in total. The largest absolute Gasteiger partial charge is 0.460 e. The highest BCUT2D eigenvalue weighted by Crippen LogP contribution is 2.28. The second-order valence-corrected chi connectivity index (χ2v) is 3.99. The Morgan fingerprint density at radius 3 is 2.62 bits per heavy atom. The van der Waals surface area contributed by atoms with E-state index in [1.165, 1.54) is 0 Å². The Kier molecular flexibility index (Phi) is 3.31. The number of aliphatic hydroxyl groups excluding tert-OH is 1. The van der Waals surface area contributed by atoms with Crippen molar-refractivity contribution in [3.63, 3.8) is 0 Å². The van der Waals surface area contributed by atoms with E-state index in [1.54, 1.807) is 6.92 Å². The maximum atomic E-state index is 11.3. The summed E-state index contributed by atoms with van der Waals surface area (Å²) in [6.45, 7) is 5.91. The first kappa shape index (κ1) is 10.5. The van der Waals surface area contributed by atoms with Crippen LogP contribution in [-0.2, 0) is 9.53 Å². The number of cyclic esters (lactones) is 1. The summed E-state index contributed by atoms with van der Waals surface area (Å²) in [5, 5.41) is 9.63. The highest BCUT2D eigenvalue weighted by atomic mass is 16.6. The molecule has 4 atom stereocenters. The molecule has 3 heteroatoms. The van der Waals surface area contributed by atoms with Crippen LogP contribution in [0.1, 0.15) is 33.6 Å². The average Bonchev–Trinajstić information content (AvgIpc) is 2.32. The lowest BCUT2D eigenvalue weighted by Crippen LogP contribution is -2.26. The smallest absolute Gasteiger partial charge is 0.312 e. The summed E-state index contributed by atoms with van der Waals surface area (Å²) in [6, 6.07) is 0. The van der Waals surface area contributed by atoms with Gasteiger partial charge in [0.15, 0.2) is 0 Å². The van der Waals surface area contributed by atoms with E-state index in [9.17, 15) is 9.90 Å². The lowest BCUT2D eigenvalue weighted by Gasteiger charge is -2.15. The molecule has 0 spiro atoms. The van der Waals surface area contributed by atoms with Crippen molar-refractivity contribution < 1.29 is 14.6 Å². The molecule has 0 aliphatic carbocycles. The third-order valence-corrected chi connectivity index (χ3v) is 2.85. The lowest BCUT2D eigenvalue weighted by atomic mass is 9.90. The molecular weight excluding hydrogens is 168 g/mol. The van der Waals surface area contributed by atoms with Gasteiger partial charge in [-0.05, 0) is 19.3 Å². The molecule has 0 radical (unpaired) electrons. The van der Waals surface area contributed by atoms with E-state index in [-0.39, 0.29) is 18.0 Å². The zero-order valence-corrected chi connectivity index (χ0v) is 8.49. The van der Waals surface area contributed by atoms with Crippen LogP contribution in [0.5, 0.6) is 0 Å². The Morgan fingerprint density at radius 2 is 2.23 bits per heavy atom. The van der Waals surface area contributed by atoms with Crippen molar-refractivity contribution in [1.29, 1.82) is 0 Å². The third-order valence-electron chi connectivity index (χ3n) is 2.85. The molecular formula is C10H18O3. The maximum absolute atomic E-state index is 11.3. The van der Waals surface area contributed by atoms with Gasteiger partial charge in [-0.3, -0.25) is 4.79 Å². The van der Waals surface area contributed by atoms with E-state index in [0.717, 1.165) is 12.8 Å². The fourth-order valence-electron chi connectivity index (χ4n) is 1.64. The van der Waals surface area contributed by atoms with Gasteiger partial charge in [-0.15, -0.1) is 0 Å². The molecule has 1 fully saturated rings. The average molecular weight is 186 g/mol. The maximum Gasteiger partial charge on any atom is 0.312 e. The van der Waals surface area contributed by atoms with Gasteiger partial charge >= 0.3 is 5.97 Å². The molecule has 3 nitrogen and oxygen atoms in total. The summed E-state index contributed by atoms with van der Waals surface area (Å²) in [4.78, 5) is 11.3. The predicted octanol–water partition coefficient (Wildman–Crippen LogP) is 1.34. The second-order valence-electron chi connectivity index (χ2n) is 3.99. The first-order chi connectivity index (χ1) is 6.06. The van der Waals surface area contributed by atoms with E-state index in [4.69, 9.17) is 4.74 Å². The van der Waals surface area contributed by atoms with Crippen LogP contribution >= 0.6 is 0 Å². The molecule has 1 saturated heterocycles. The van der Waals surface area contributed by atoms with E-state index in [1.807, 2.05) is 0 Å². The summed E-state index contributed by atoms with van der Waals surface area (Å²) >= 11 is 0. The number of esters is 1. The van der Waals surface area contributed by atoms with Crippen LogP contribution in [0.25, 0.3) is 0 Å². The van der Waals surface area contributed by atoms with E-state index >= 15 is 0 Å². The SMILES string of the molecule is CC[C@@H](C)C[C@H]1C(=O)O[C@@H](C)[C@@H]1O. The van der Waals surface area contributed by atoms with Gasteiger partial charge in [0.25, 0.3) is 0 Å². The highest BCUT2D eigenvalue weighted by molar-refractivity contribution is 5.75. The molecule has 0 unspecified atom stereocenters. The van der Waals surface area contributed by atoms with Gasteiger partial charge < -0.3 is 9.84 Å². The highest BCUT2D eigenvalue weighted by Gasteiger charge is 2.41. The van der Waals surface area contributed by atoms with Crippen molar-refractivity contribution in [1.82, 2.24) is 0 Å². The monoisotopic (exact) mass is 186 g/mol. The van der Waals surface area contributed by atoms with Gasteiger partial charge in [-0.2, -0.15) is 0 Å². The van der Waals surface area contributed by atoms with Crippen molar-refractivity contribution in [2.45, 2.75) is 45.8 Å². The first-order valence-electron chi connectivity index (χ1n) is 4.94. The molecule has 0 saturated carbocycles. The molecule has 0 amide bonds. The number of hydrogen-bond donors (Lipinski definition) is 1. The molecule has 0 aromatic carbocycles. The molecule has 1 aliphatic heterocycles. The topological polar surface area (TPSA) is 46.5 Å². The first-order valence-corrected chi connectivity index (χ1v) is 4.94. The van der Waals surface area contributed by atoms with Crippen molar-refractivity contribution in [2.75, 3.05) is 0 Å². The minimum absolute atomic E-state index is 0.236. The van der Waals surface area contributed by atoms with Gasteiger partial charge in [-0.1, -0.05) is 20.3 Å². The summed E-state index contributed by atoms with van der Waals surface area (Å²) in [5.41, 5.74) is 0. The van der Waals surface area contributed by atoms with Crippen LogP contribution in [-0.4, -0.2) is 23.3 Å². The van der Waals surface area contributed by atoms with Crippen molar-refractivity contribution in [3.05, 3.63) is 0 Å². The Bertz CT molecular complexity index is 191. The van der Waals surface area contributed by atoms with Crippen LogP contribution < -0.4 is 0 Å². The number of carbonyl (C=O) groups excluding carboxylic acids is 1. The van der Waals surface area contributed by atoms with E-state index < -0.39 is 6.10 Å². The van der Waals surface area contributed by atoms with Gasteiger partial charge in [0.1, 0.15) is 12.2 Å². The Morgan fingerprint density at radius 1 is 1.62 bits per heavy atom. The fourth-order valence-corrected chi connectivity index (χ4v) is 1.64. The predicted molar refractivity (Wildman–Crippen MR) is 49.1 cm³/mol. The Balaban J connectivity index is 2.53. The Labute approximate surface area is 79.1 Å². The zero-order chi connectivity index (χ0) is 10.0. The van der Waals surface area contributed by atoms with Crippen LogP contribution in [0.3, 0.4) is 0 Å². The Hall–Kier alpha value is -0.570. The second kappa shape index (κ2) is 4.09. The lowest BCUT2D eigenvalue weighted by molar-refractivity contribution is -0.144. The standard InChI is InChI=1S/C10H18O3/c1-4-6(2)5-8-9(11)7(3)13-10(8)12/h6-9,11H,4-5H2,1-3H3/t6-,7+,8-,9+/m1/s1. The zero-order valence-electron chi connectivity index (χ0n) is 8.49.